The Morgan fingerprint density at radius 1 is 0.429 bits per heavy atom. The van der Waals surface area contributed by atoms with E-state index in [1.165, 1.54) is 21.5 Å². The minimum absolute atomic E-state index is 0.637. The lowest BCUT2D eigenvalue weighted by Crippen LogP contribution is -2.06. The van der Waals surface area contributed by atoms with Gasteiger partial charge in [-0.3, -0.25) is 0 Å². The standard InChI is InChI=1S/C51H31N3O2/c1-3-12-32-26-36(22-20-30(32)10-1)49-52-50(37-23-21-31-11-2-4-13-33(31)27-37)54-51(53-49)41-17-9-19-44-46(41)40-25-24-35(29-45(40)55-44)42-28-34-14-5-6-15-38(34)47-39-16-7-8-18-43(39)56-48(42)47/h1-8,10-18,20-29H,9,19H2. The van der Waals surface area contributed by atoms with Crippen molar-refractivity contribution in [2.75, 3.05) is 0 Å². The molecule has 0 amide bonds. The quantitative estimate of drug-likeness (QED) is 0.181. The van der Waals surface area contributed by atoms with Crippen LogP contribution in [0.5, 0.6) is 0 Å². The molecule has 12 rings (SSSR count). The Kier molecular flexibility index (Phi) is 6.69. The molecule has 0 saturated carbocycles. The Morgan fingerprint density at radius 3 is 1.77 bits per heavy atom. The fraction of sp³-hybridized carbons (Fsp3) is 0.0392. The van der Waals surface area contributed by atoms with E-state index >= 15 is 0 Å². The molecule has 0 bridgehead atoms. The molecule has 5 heteroatoms. The first-order valence-corrected chi connectivity index (χ1v) is 19.1. The number of aryl methyl sites for hydroxylation is 1. The van der Waals surface area contributed by atoms with Crippen LogP contribution in [0, 0.1) is 0 Å². The highest BCUT2D eigenvalue weighted by Gasteiger charge is 2.26. The molecular weight excluding hydrogens is 687 g/mol. The number of nitrogens with zero attached hydrogens (tertiary/aromatic N) is 3. The molecular formula is C51H31N3O2. The van der Waals surface area contributed by atoms with E-state index in [9.17, 15) is 0 Å². The van der Waals surface area contributed by atoms with Crippen molar-refractivity contribution in [2.45, 2.75) is 12.8 Å². The first kappa shape index (κ1) is 31.0. The normalized spacial score (nSPS) is 13.0. The molecule has 0 spiro atoms. The Bertz CT molecular complexity index is 3340. The number of fused-ring (bicyclic) bond motifs is 10. The lowest BCUT2D eigenvalue weighted by atomic mass is 9.92. The van der Waals surface area contributed by atoms with Crippen molar-refractivity contribution in [3.05, 3.63) is 181 Å². The number of aromatic nitrogens is 3. The van der Waals surface area contributed by atoms with Crippen LogP contribution in [0.1, 0.15) is 23.6 Å². The summed E-state index contributed by atoms with van der Waals surface area (Å²) in [5.74, 6) is 2.86. The molecule has 0 fully saturated rings. The summed E-state index contributed by atoms with van der Waals surface area (Å²) in [6.07, 6.45) is 3.88. The van der Waals surface area contributed by atoms with Gasteiger partial charge in [-0.15, -0.1) is 0 Å². The maximum Gasteiger partial charge on any atom is 0.164 e. The van der Waals surface area contributed by atoms with Crippen LogP contribution >= 0.6 is 0 Å². The third kappa shape index (κ3) is 4.84. The summed E-state index contributed by atoms with van der Waals surface area (Å²) in [6, 6.07) is 55.2. The van der Waals surface area contributed by atoms with Crippen LogP contribution in [-0.4, -0.2) is 15.0 Å². The number of benzene rings is 8. The van der Waals surface area contributed by atoms with E-state index in [-0.39, 0.29) is 0 Å². The summed E-state index contributed by atoms with van der Waals surface area (Å²) in [7, 11) is 0. The summed E-state index contributed by atoms with van der Waals surface area (Å²) >= 11 is 0. The van der Waals surface area contributed by atoms with Crippen molar-refractivity contribution < 1.29 is 8.83 Å². The van der Waals surface area contributed by atoms with Crippen LogP contribution in [0.3, 0.4) is 0 Å². The Balaban J connectivity index is 1.03. The largest absolute Gasteiger partial charge is 0.460 e. The highest BCUT2D eigenvalue weighted by Crippen LogP contribution is 2.44. The summed E-state index contributed by atoms with van der Waals surface area (Å²) in [4.78, 5) is 15.5. The highest BCUT2D eigenvalue weighted by molar-refractivity contribution is 6.22. The van der Waals surface area contributed by atoms with Gasteiger partial charge < -0.3 is 8.83 Å². The molecule has 0 atom stereocenters. The second-order valence-electron chi connectivity index (χ2n) is 14.6. The van der Waals surface area contributed by atoms with Gasteiger partial charge in [0.05, 0.1) is 0 Å². The Labute approximate surface area is 321 Å². The van der Waals surface area contributed by atoms with E-state index < -0.39 is 0 Å². The molecule has 8 aromatic carbocycles. The van der Waals surface area contributed by atoms with Gasteiger partial charge in [-0.1, -0.05) is 127 Å². The molecule has 3 heterocycles. The van der Waals surface area contributed by atoms with Crippen LogP contribution in [0.4, 0.5) is 0 Å². The number of para-hydroxylation sites is 1. The van der Waals surface area contributed by atoms with Gasteiger partial charge in [0.1, 0.15) is 22.5 Å². The van der Waals surface area contributed by atoms with E-state index in [1.54, 1.807) is 0 Å². The molecule has 5 nitrogen and oxygen atoms in total. The molecule has 1 aliphatic carbocycles. The summed E-state index contributed by atoms with van der Waals surface area (Å²) in [5.41, 5.74) is 8.58. The Hall–Kier alpha value is -7.37. The lowest BCUT2D eigenvalue weighted by Gasteiger charge is -2.15. The fourth-order valence-corrected chi connectivity index (χ4v) is 8.64. The van der Waals surface area contributed by atoms with Crippen LogP contribution in [0.2, 0.25) is 0 Å². The van der Waals surface area contributed by atoms with E-state index in [0.717, 1.165) is 95.7 Å². The molecule has 262 valence electrons. The van der Waals surface area contributed by atoms with Gasteiger partial charge in [-0.05, 0) is 80.7 Å². The van der Waals surface area contributed by atoms with E-state index in [1.807, 2.05) is 12.1 Å². The number of hydrogen-bond acceptors (Lipinski definition) is 5. The molecule has 0 N–H and O–H groups in total. The van der Waals surface area contributed by atoms with E-state index in [2.05, 4.69) is 152 Å². The maximum atomic E-state index is 6.75. The van der Waals surface area contributed by atoms with Gasteiger partial charge in [0, 0.05) is 50.4 Å². The summed E-state index contributed by atoms with van der Waals surface area (Å²) in [5, 5.41) is 10.3. The van der Waals surface area contributed by atoms with Gasteiger partial charge in [0.25, 0.3) is 0 Å². The molecule has 0 radical (unpaired) electrons. The number of hydrogen-bond donors (Lipinski definition) is 0. The minimum atomic E-state index is 0.637. The predicted octanol–water partition coefficient (Wildman–Crippen LogP) is 13.4. The third-order valence-corrected chi connectivity index (χ3v) is 11.3. The molecule has 1 aliphatic rings. The van der Waals surface area contributed by atoms with Gasteiger partial charge in [0.15, 0.2) is 17.5 Å². The molecule has 3 aromatic heterocycles. The molecule has 56 heavy (non-hydrogen) atoms. The van der Waals surface area contributed by atoms with Crippen molar-refractivity contribution in [3.63, 3.8) is 0 Å². The zero-order valence-electron chi connectivity index (χ0n) is 30.2. The van der Waals surface area contributed by atoms with Gasteiger partial charge in [-0.25, -0.2) is 15.0 Å². The molecule has 0 aliphatic heterocycles. The van der Waals surface area contributed by atoms with Crippen molar-refractivity contribution in [3.8, 4) is 33.9 Å². The predicted molar refractivity (Wildman–Crippen MR) is 228 cm³/mol. The number of furan rings is 2. The van der Waals surface area contributed by atoms with Crippen LogP contribution in [0.15, 0.2) is 173 Å². The molecule has 11 aromatic rings. The molecule has 0 saturated heterocycles. The lowest BCUT2D eigenvalue weighted by molar-refractivity contribution is 0.545. The first-order valence-electron chi connectivity index (χ1n) is 19.1. The van der Waals surface area contributed by atoms with Crippen LogP contribution in [0.25, 0.3) is 105 Å². The van der Waals surface area contributed by atoms with Crippen molar-refractivity contribution in [1.82, 2.24) is 15.0 Å². The van der Waals surface area contributed by atoms with Crippen molar-refractivity contribution in [1.29, 1.82) is 0 Å². The SMILES string of the molecule is C1=C(c2nc(-c3ccc4ccccc4c3)nc(-c3ccc4ccccc4c3)n2)c2c(oc3cc(-c4cc5ccccc5c5c4oc4ccccc45)ccc23)CC1. The molecule has 0 unspecified atom stereocenters. The number of rotatable bonds is 4. The third-order valence-electron chi connectivity index (χ3n) is 11.3. The minimum Gasteiger partial charge on any atom is -0.460 e. The number of allylic oxidation sites excluding steroid dienone is 1. The monoisotopic (exact) mass is 717 g/mol. The van der Waals surface area contributed by atoms with Crippen LogP contribution in [-0.2, 0) is 6.42 Å². The topological polar surface area (TPSA) is 65.0 Å². The maximum absolute atomic E-state index is 6.75. The second kappa shape index (κ2) is 12.1. The van der Waals surface area contributed by atoms with E-state index in [4.69, 9.17) is 23.8 Å². The first-order chi connectivity index (χ1) is 27.7. The zero-order valence-corrected chi connectivity index (χ0v) is 30.2. The smallest absolute Gasteiger partial charge is 0.164 e. The Morgan fingerprint density at radius 2 is 1.04 bits per heavy atom. The zero-order chi connectivity index (χ0) is 36.7. The van der Waals surface area contributed by atoms with Gasteiger partial charge >= 0.3 is 0 Å². The van der Waals surface area contributed by atoms with E-state index in [0.29, 0.717) is 17.5 Å². The average Bonchev–Trinajstić information content (AvgIpc) is 3.84. The van der Waals surface area contributed by atoms with Crippen molar-refractivity contribution in [2.24, 2.45) is 0 Å². The summed E-state index contributed by atoms with van der Waals surface area (Å²) in [6.45, 7) is 0. The summed E-state index contributed by atoms with van der Waals surface area (Å²) < 4.78 is 13.3. The van der Waals surface area contributed by atoms with Crippen molar-refractivity contribution >= 4 is 70.8 Å². The second-order valence-corrected chi connectivity index (χ2v) is 14.6. The highest BCUT2D eigenvalue weighted by atomic mass is 16.3. The van der Waals surface area contributed by atoms with Crippen LogP contribution < -0.4 is 0 Å². The average molecular weight is 718 g/mol. The van der Waals surface area contributed by atoms with Gasteiger partial charge in [0.2, 0.25) is 0 Å². The van der Waals surface area contributed by atoms with Gasteiger partial charge in [-0.2, -0.15) is 0 Å². The fourth-order valence-electron chi connectivity index (χ4n) is 8.64.